The average Bonchev–Trinajstić information content (AvgIpc) is 2.29. The largest absolute Gasteiger partial charge is 0.488 e. The van der Waals surface area contributed by atoms with Gasteiger partial charge in [-0.05, 0) is 57.7 Å². The standard InChI is InChI=1S/C16H25ClO/c1-16(2,3)18-15-11-9-14(10-12-15)8-6-4-5-7-13-17/h9-12H,4-8,13H2,1-3H3. The molecule has 102 valence electrons. The van der Waals surface area contributed by atoms with Crippen molar-refractivity contribution in [2.24, 2.45) is 0 Å². The van der Waals surface area contributed by atoms with Crippen LogP contribution in [0.4, 0.5) is 0 Å². The minimum Gasteiger partial charge on any atom is -0.488 e. The minimum absolute atomic E-state index is 0.122. The van der Waals surface area contributed by atoms with Crippen LogP contribution in [0.15, 0.2) is 24.3 Å². The van der Waals surface area contributed by atoms with Crippen molar-refractivity contribution in [1.29, 1.82) is 0 Å². The molecule has 0 aliphatic carbocycles. The Morgan fingerprint density at radius 3 is 2.11 bits per heavy atom. The van der Waals surface area contributed by atoms with Crippen LogP contribution in [0.5, 0.6) is 5.75 Å². The van der Waals surface area contributed by atoms with Gasteiger partial charge in [-0.25, -0.2) is 0 Å². The first-order valence-corrected chi connectivity index (χ1v) is 7.38. The fraction of sp³-hybridized carbons (Fsp3) is 0.625. The van der Waals surface area contributed by atoms with Gasteiger partial charge >= 0.3 is 0 Å². The smallest absolute Gasteiger partial charge is 0.120 e. The Bertz CT molecular complexity index is 324. The van der Waals surface area contributed by atoms with Gasteiger partial charge in [-0.1, -0.05) is 25.0 Å². The summed E-state index contributed by atoms with van der Waals surface area (Å²) in [6.45, 7) is 6.20. The number of ether oxygens (including phenoxy) is 1. The molecule has 0 aliphatic rings. The zero-order valence-corrected chi connectivity index (χ0v) is 12.6. The van der Waals surface area contributed by atoms with Gasteiger partial charge in [0, 0.05) is 5.88 Å². The fourth-order valence-electron chi connectivity index (χ4n) is 1.85. The molecule has 0 aromatic heterocycles. The van der Waals surface area contributed by atoms with Crippen molar-refractivity contribution in [1.82, 2.24) is 0 Å². The normalized spacial score (nSPS) is 11.6. The molecule has 0 heterocycles. The van der Waals surface area contributed by atoms with Crippen LogP contribution in [0.2, 0.25) is 0 Å². The van der Waals surface area contributed by atoms with Gasteiger partial charge in [0.1, 0.15) is 11.4 Å². The Balaban J connectivity index is 2.32. The van der Waals surface area contributed by atoms with E-state index in [1.165, 1.54) is 24.8 Å². The van der Waals surface area contributed by atoms with E-state index in [2.05, 4.69) is 45.0 Å². The van der Waals surface area contributed by atoms with E-state index in [0.717, 1.165) is 24.5 Å². The molecule has 0 atom stereocenters. The average molecular weight is 269 g/mol. The summed E-state index contributed by atoms with van der Waals surface area (Å²) in [5, 5.41) is 0. The Hall–Kier alpha value is -0.690. The van der Waals surface area contributed by atoms with E-state index in [1.807, 2.05) is 0 Å². The lowest BCUT2D eigenvalue weighted by Gasteiger charge is -2.21. The van der Waals surface area contributed by atoms with Gasteiger partial charge in [0.2, 0.25) is 0 Å². The molecule has 18 heavy (non-hydrogen) atoms. The Morgan fingerprint density at radius 1 is 0.944 bits per heavy atom. The van der Waals surface area contributed by atoms with E-state index in [-0.39, 0.29) is 5.60 Å². The second-order valence-corrected chi connectivity index (χ2v) is 6.09. The third kappa shape index (κ3) is 6.90. The topological polar surface area (TPSA) is 9.23 Å². The Kier molecular flexibility index (Phi) is 6.56. The monoisotopic (exact) mass is 268 g/mol. The summed E-state index contributed by atoms with van der Waals surface area (Å²) in [4.78, 5) is 0. The van der Waals surface area contributed by atoms with Crippen molar-refractivity contribution < 1.29 is 4.74 Å². The second kappa shape index (κ2) is 7.68. The maximum absolute atomic E-state index is 5.80. The highest BCUT2D eigenvalue weighted by Gasteiger charge is 2.11. The number of benzene rings is 1. The third-order valence-corrected chi connectivity index (χ3v) is 2.96. The number of unbranched alkanes of at least 4 members (excludes halogenated alkanes) is 3. The molecule has 0 fully saturated rings. The quantitative estimate of drug-likeness (QED) is 0.487. The van der Waals surface area contributed by atoms with Crippen LogP contribution < -0.4 is 4.74 Å². The molecule has 0 radical (unpaired) electrons. The summed E-state index contributed by atoms with van der Waals surface area (Å²) in [7, 11) is 0. The maximum Gasteiger partial charge on any atom is 0.120 e. The Morgan fingerprint density at radius 2 is 1.56 bits per heavy atom. The minimum atomic E-state index is -0.122. The summed E-state index contributed by atoms with van der Waals surface area (Å²) >= 11 is 5.65. The van der Waals surface area contributed by atoms with Crippen molar-refractivity contribution in [3.05, 3.63) is 29.8 Å². The van der Waals surface area contributed by atoms with Crippen molar-refractivity contribution in [3.8, 4) is 5.75 Å². The number of halogens is 1. The van der Waals surface area contributed by atoms with Gasteiger partial charge in [0.15, 0.2) is 0 Å². The number of rotatable bonds is 7. The lowest BCUT2D eigenvalue weighted by molar-refractivity contribution is 0.131. The van der Waals surface area contributed by atoms with Crippen molar-refractivity contribution >= 4 is 11.6 Å². The number of aryl methyl sites for hydroxylation is 1. The van der Waals surface area contributed by atoms with Gasteiger partial charge in [-0.15, -0.1) is 11.6 Å². The third-order valence-electron chi connectivity index (χ3n) is 2.70. The predicted molar refractivity (Wildman–Crippen MR) is 79.7 cm³/mol. The first-order chi connectivity index (χ1) is 8.51. The number of alkyl halides is 1. The molecule has 1 nitrogen and oxygen atoms in total. The van der Waals surface area contributed by atoms with Crippen LogP contribution in [0.1, 0.15) is 52.0 Å². The SMILES string of the molecule is CC(C)(C)Oc1ccc(CCCCCCCl)cc1. The molecule has 0 N–H and O–H groups in total. The first-order valence-electron chi connectivity index (χ1n) is 6.85. The zero-order valence-electron chi connectivity index (χ0n) is 11.8. The molecule has 0 amide bonds. The molecule has 0 aliphatic heterocycles. The van der Waals surface area contributed by atoms with E-state index in [9.17, 15) is 0 Å². The van der Waals surface area contributed by atoms with Crippen LogP contribution in [0.25, 0.3) is 0 Å². The molecule has 1 aromatic rings. The lowest BCUT2D eigenvalue weighted by Crippen LogP contribution is -2.22. The van der Waals surface area contributed by atoms with Crippen LogP contribution in [0, 0.1) is 0 Å². The summed E-state index contributed by atoms with van der Waals surface area (Å²) in [5.74, 6) is 1.74. The summed E-state index contributed by atoms with van der Waals surface area (Å²) in [6.07, 6.45) is 6.05. The van der Waals surface area contributed by atoms with Crippen molar-refractivity contribution in [2.45, 2.75) is 58.5 Å². The summed E-state index contributed by atoms with van der Waals surface area (Å²) in [5.41, 5.74) is 1.27. The van der Waals surface area contributed by atoms with Gasteiger partial charge in [-0.3, -0.25) is 0 Å². The van der Waals surface area contributed by atoms with Crippen LogP contribution in [0.3, 0.4) is 0 Å². The van der Waals surface area contributed by atoms with E-state index < -0.39 is 0 Å². The molecule has 1 rings (SSSR count). The molecular formula is C16H25ClO. The zero-order chi connectivity index (χ0) is 13.4. The number of hydrogen-bond acceptors (Lipinski definition) is 1. The van der Waals surface area contributed by atoms with Gasteiger partial charge < -0.3 is 4.74 Å². The highest BCUT2D eigenvalue weighted by molar-refractivity contribution is 6.17. The lowest BCUT2D eigenvalue weighted by atomic mass is 10.1. The molecule has 0 bridgehead atoms. The van der Waals surface area contributed by atoms with Crippen LogP contribution >= 0.6 is 11.6 Å². The first kappa shape index (κ1) is 15.4. The molecule has 0 unspecified atom stereocenters. The van der Waals surface area contributed by atoms with Crippen LogP contribution in [-0.4, -0.2) is 11.5 Å². The van der Waals surface area contributed by atoms with Gasteiger partial charge in [0.05, 0.1) is 0 Å². The highest BCUT2D eigenvalue weighted by atomic mass is 35.5. The van der Waals surface area contributed by atoms with E-state index in [4.69, 9.17) is 16.3 Å². The van der Waals surface area contributed by atoms with E-state index >= 15 is 0 Å². The summed E-state index contributed by atoms with van der Waals surface area (Å²) in [6, 6.07) is 8.48. The maximum atomic E-state index is 5.80. The predicted octanol–water partition coefficient (Wildman–Crippen LogP) is 5.21. The fourth-order valence-corrected chi connectivity index (χ4v) is 2.04. The van der Waals surface area contributed by atoms with E-state index in [0.29, 0.717) is 0 Å². The van der Waals surface area contributed by atoms with Gasteiger partial charge in [0.25, 0.3) is 0 Å². The molecule has 2 heteroatoms. The second-order valence-electron chi connectivity index (χ2n) is 5.71. The number of hydrogen-bond donors (Lipinski definition) is 0. The van der Waals surface area contributed by atoms with Gasteiger partial charge in [-0.2, -0.15) is 0 Å². The molecule has 0 spiro atoms. The summed E-state index contributed by atoms with van der Waals surface area (Å²) < 4.78 is 5.80. The van der Waals surface area contributed by atoms with Crippen molar-refractivity contribution in [2.75, 3.05) is 5.88 Å². The highest BCUT2D eigenvalue weighted by Crippen LogP contribution is 2.19. The molecule has 0 saturated heterocycles. The van der Waals surface area contributed by atoms with Crippen molar-refractivity contribution in [3.63, 3.8) is 0 Å². The van der Waals surface area contributed by atoms with E-state index in [1.54, 1.807) is 0 Å². The molecule has 1 aromatic carbocycles. The molecule has 0 saturated carbocycles. The molecular weight excluding hydrogens is 244 g/mol. The Labute approximate surface area is 116 Å². The van der Waals surface area contributed by atoms with Crippen LogP contribution in [-0.2, 0) is 6.42 Å².